The molecular weight excluding hydrogens is 392 g/mol. The van der Waals surface area contributed by atoms with Crippen LogP contribution in [0.1, 0.15) is 5.56 Å². The largest absolute Gasteiger partial charge is 0.497 e. The molecule has 1 aliphatic rings. The third kappa shape index (κ3) is 4.52. The van der Waals surface area contributed by atoms with Crippen LogP contribution in [0.25, 0.3) is 11.7 Å². The third-order valence-corrected chi connectivity index (χ3v) is 5.31. The SMILES string of the molecule is COc1ccc(OC)c(CN2CCN(Cn3nc(-c4ccco4)oc3=S)CC2)c1. The average Bonchev–Trinajstić information content (AvgIpc) is 3.40. The summed E-state index contributed by atoms with van der Waals surface area (Å²) in [6, 6.07) is 9.50. The molecule has 29 heavy (non-hydrogen) atoms. The molecule has 3 heterocycles. The van der Waals surface area contributed by atoms with E-state index in [1.165, 1.54) is 0 Å². The van der Waals surface area contributed by atoms with E-state index in [9.17, 15) is 0 Å². The number of nitrogens with zero attached hydrogens (tertiary/aromatic N) is 4. The maximum Gasteiger partial charge on any atom is 0.288 e. The van der Waals surface area contributed by atoms with Crippen LogP contribution in [0, 0.1) is 4.84 Å². The van der Waals surface area contributed by atoms with E-state index in [4.69, 9.17) is 30.5 Å². The molecule has 2 aromatic heterocycles. The number of ether oxygens (including phenoxy) is 2. The van der Waals surface area contributed by atoms with Crippen LogP contribution in [0.4, 0.5) is 0 Å². The highest BCUT2D eigenvalue weighted by Crippen LogP contribution is 2.26. The predicted octanol–water partition coefficient (Wildman–Crippen LogP) is 3.26. The van der Waals surface area contributed by atoms with Crippen LogP contribution in [0.5, 0.6) is 11.5 Å². The molecule has 1 aromatic carbocycles. The van der Waals surface area contributed by atoms with Crippen molar-refractivity contribution in [3.05, 3.63) is 47.0 Å². The lowest BCUT2D eigenvalue weighted by Gasteiger charge is -2.34. The van der Waals surface area contributed by atoms with Gasteiger partial charge in [-0.2, -0.15) is 0 Å². The Bertz CT molecular complexity index is 990. The number of benzene rings is 1. The van der Waals surface area contributed by atoms with E-state index < -0.39 is 0 Å². The van der Waals surface area contributed by atoms with Gasteiger partial charge in [-0.05, 0) is 42.5 Å². The third-order valence-electron chi connectivity index (χ3n) is 5.02. The Morgan fingerprint density at radius 1 is 1.07 bits per heavy atom. The number of rotatable bonds is 7. The van der Waals surface area contributed by atoms with Crippen LogP contribution >= 0.6 is 12.2 Å². The summed E-state index contributed by atoms with van der Waals surface area (Å²) >= 11 is 5.31. The van der Waals surface area contributed by atoms with E-state index in [0.717, 1.165) is 49.8 Å². The second-order valence-corrected chi connectivity index (χ2v) is 7.21. The summed E-state index contributed by atoms with van der Waals surface area (Å²) in [6.07, 6.45) is 1.59. The van der Waals surface area contributed by atoms with Gasteiger partial charge < -0.3 is 18.3 Å². The molecule has 0 spiro atoms. The monoisotopic (exact) mass is 416 g/mol. The molecule has 0 amide bonds. The molecule has 0 unspecified atom stereocenters. The highest BCUT2D eigenvalue weighted by molar-refractivity contribution is 7.71. The molecular formula is C20H24N4O4S. The quantitative estimate of drug-likeness (QED) is 0.544. The maximum atomic E-state index is 5.56. The molecule has 1 saturated heterocycles. The fourth-order valence-corrected chi connectivity index (χ4v) is 3.60. The number of hydrogen-bond donors (Lipinski definition) is 0. The van der Waals surface area contributed by atoms with E-state index in [1.807, 2.05) is 18.2 Å². The van der Waals surface area contributed by atoms with E-state index in [1.54, 1.807) is 37.3 Å². The van der Waals surface area contributed by atoms with Crippen molar-refractivity contribution in [2.45, 2.75) is 13.2 Å². The van der Waals surface area contributed by atoms with Crippen molar-refractivity contribution in [3.63, 3.8) is 0 Å². The number of hydrogen-bond acceptors (Lipinski definition) is 8. The molecule has 3 aromatic rings. The van der Waals surface area contributed by atoms with Gasteiger partial charge in [0.15, 0.2) is 5.76 Å². The number of piperazine rings is 1. The van der Waals surface area contributed by atoms with Gasteiger partial charge >= 0.3 is 0 Å². The van der Waals surface area contributed by atoms with Gasteiger partial charge in [0.1, 0.15) is 11.5 Å². The van der Waals surface area contributed by atoms with Crippen molar-refractivity contribution in [3.8, 4) is 23.1 Å². The molecule has 154 valence electrons. The van der Waals surface area contributed by atoms with Crippen molar-refractivity contribution >= 4 is 12.2 Å². The van der Waals surface area contributed by atoms with Crippen molar-refractivity contribution in [1.82, 2.24) is 19.6 Å². The first kappa shape index (κ1) is 19.7. The van der Waals surface area contributed by atoms with E-state index >= 15 is 0 Å². The Hall–Kier alpha value is -2.62. The average molecular weight is 417 g/mol. The second-order valence-electron chi connectivity index (χ2n) is 6.86. The van der Waals surface area contributed by atoms with Crippen LogP contribution in [0.15, 0.2) is 45.4 Å². The van der Waals surface area contributed by atoms with Gasteiger partial charge in [0.25, 0.3) is 10.7 Å². The van der Waals surface area contributed by atoms with Crippen LogP contribution in [0.3, 0.4) is 0 Å². The first-order valence-corrected chi connectivity index (χ1v) is 9.84. The summed E-state index contributed by atoms with van der Waals surface area (Å²) in [5.41, 5.74) is 1.13. The lowest BCUT2D eigenvalue weighted by Crippen LogP contribution is -2.46. The van der Waals surface area contributed by atoms with E-state index in [0.29, 0.717) is 23.2 Å². The lowest BCUT2D eigenvalue weighted by molar-refractivity contribution is 0.0968. The molecule has 0 N–H and O–H groups in total. The summed E-state index contributed by atoms with van der Waals surface area (Å²) in [5, 5.41) is 4.44. The van der Waals surface area contributed by atoms with Crippen LogP contribution < -0.4 is 9.47 Å². The Labute approximate surface area is 174 Å². The molecule has 0 atom stereocenters. The zero-order chi connectivity index (χ0) is 20.2. The van der Waals surface area contributed by atoms with Gasteiger partial charge in [-0.25, -0.2) is 4.68 Å². The first-order chi connectivity index (χ1) is 14.2. The van der Waals surface area contributed by atoms with Gasteiger partial charge in [-0.15, -0.1) is 5.10 Å². The summed E-state index contributed by atoms with van der Waals surface area (Å²) in [6.45, 7) is 5.13. The fourth-order valence-electron chi connectivity index (χ4n) is 3.42. The molecule has 4 rings (SSSR count). The fraction of sp³-hybridized carbons (Fsp3) is 0.400. The summed E-state index contributed by atoms with van der Waals surface area (Å²) < 4.78 is 23.4. The maximum absolute atomic E-state index is 5.56. The van der Waals surface area contributed by atoms with Gasteiger partial charge in [0.2, 0.25) is 0 Å². The van der Waals surface area contributed by atoms with Crippen LogP contribution in [-0.4, -0.2) is 60.0 Å². The Kier molecular flexibility index (Phi) is 5.98. The predicted molar refractivity (Wildman–Crippen MR) is 109 cm³/mol. The Balaban J connectivity index is 1.35. The van der Waals surface area contributed by atoms with Crippen molar-refractivity contribution in [2.75, 3.05) is 40.4 Å². The second kappa shape index (κ2) is 8.81. The normalized spacial score (nSPS) is 15.5. The van der Waals surface area contributed by atoms with Gasteiger partial charge in [-0.1, -0.05) is 0 Å². The van der Waals surface area contributed by atoms with Gasteiger partial charge in [0, 0.05) is 38.3 Å². The molecule has 1 fully saturated rings. The zero-order valence-corrected chi connectivity index (χ0v) is 17.4. The number of furan rings is 1. The summed E-state index contributed by atoms with van der Waals surface area (Å²) in [5.74, 6) is 2.70. The molecule has 0 bridgehead atoms. The first-order valence-electron chi connectivity index (χ1n) is 9.43. The summed E-state index contributed by atoms with van der Waals surface area (Å²) in [7, 11) is 3.37. The molecule has 1 aliphatic heterocycles. The highest BCUT2D eigenvalue weighted by Gasteiger charge is 2.20. The minimum atomic E-state index is 0.347. The van der Waals surface area contributed by atoms with Crippen molar-refractivity contribution in [2.24, 2.45) is 0 Å². The molecule has 9 heteroatoms. The minimum Gasteiger partial charge on any atom is -0.497 e. The van der Waals surface area contributed by atoms with Crippen molar-refractivity contribution in [1.29, 1.82) is 0 Å². The molecule has 0 radical (unpaired) electrons. The highest BCUT2D eigenvalue weighted by atomic mass is 32.1. The van der Waals surface area contributed by atoms with Gasteiger partial charge in [-0.3, -0.25) is 9.80 Å². The van der Waals surface area contributed by atoms with Gasteiger partial charge in [0.05, 0.1) is 27.2 Å². The number of methoxy groups -OCH3 is 2. The molecule has 8 nitrogen and oxygen atoms in total. The summed E-state index contributed by atoms with van der Waals surface area (Å²) in [4.78, 5) is 5.06. The standard InChI is InChI=1S/C20H24N4O4S/c1-25-16-5-6-17(26-2)15(12-16)13-22-7-9-23(10-8-22)14-24-20(29)28-19(21-24)18-4-3-11-27-18/h3-6,11-12H,7-10,13-14H2,1-2H3. The molecule has 0 aliphatic carbocycles. The minimum absolute atomic E-state index is 0.347. The van der Waals surface area contributed by atoms with Crippen LogP contribution in [-0.2, 0) is 13.2 Å². The molecule has 0 saturated carbocycles. The number of aromatic nitrogens is 2. The topological polar surface area (TPSA) is 69.0 Å². The Morgan fingerprint density at radius 2 is 1.86 bits per heavy atom. The lowest BCUT2D eigenvalue weighted by atomic mass is 10.1. The van der Waals surface area contributed by atoms with Crippen molar-refractivity contribution < 1.29 is 18.3 Å². The van der Waals surface area contributed by atoms with E-state index in [-0.39, 0.29) is 0 Å². The van der Waals surface area contributed by atoms with Crippen LogP contribution in [0.2, 0.25) is 0 Å². The smallest absolute Gasteiger partial charge is 0.288 e. The van der Waals surface area contributed by atoms with E-state index in [2.05, 4.69) is 14.9 Å². The zero-order valence-electron chi connectivity index (χ0n) is 16.5. The Morgan fingerprint density at radius 3 is 2.55 bits per heavy atom.